The average Bonchev–Trinajstić information content (AvgIpc) is 2.21. The molecule has 5 nitrogen and oxygen atoms in total. The predicted molar refractivity (Wildman–Crippen MR) is 74.9 cm³/mol. The molecule has 1 aromatic carbocycles. The number of aliphatic hydroxyl groups excluding tert-OH is 1. The summed E-state index contributed by atoms with van der Waals surface area (Å²) in [7, 11) is 0. The first-order chi connectivity index (χ1) is 8.31. The molecule has 2 unspecified atom stereocenters. The molecule has 18 heavy (non-hydrogen) atoms. The number of halogens is 1. The van der Waals surface area contributed by atoms with Crippen molar-refractivity contribution in [3.8, 4) is 0 Å². The second-order valence-corrected chi connectivity index (χ2v) is 5.36. The van der Waals surface area contributed by atoms with E-state index >= 15 is 0 Å². The SMILES string of the molecule is Cc1cc(NC(C)CC(C)O)c(Br)cc1[N+](=O)[O-]. The molecule has 0 heterocycles. The van der Waals surface area contributed by atoms with Crippen molar-refractivity contribution >= 4 is 27.3 Å². The van der Waals surface area contributed by atoms with Crippen LogP contribution in [0, 0.1) is 17.0 Å². The summed E-state index contributed by atoms with van der Waals surface area (Å²) in [6, 6.07) is 3.32. The van der Waals surface area contributed by atoms with Crippen LogP contribution in [0.2, 0.25) is 0 Å². The highest BCUT2D eigenvalue weighted by molar-refractivity contribution is 9.10. The van der Waals surface area contributed by atoms with Crippen LogP contribution in [0.1, 0.15) is 25.8 Å². The molecule has 0 aliphatic rings. The first-order valence-corrected chi connectivity index (χ1v) is 6.49. The molecule has 0 radical (unpaired) electrons. The maximum Gasteiger partial charge on any atom is 0.273 e. The lowest BCUT2D eigenvalue weighted by atomic mass is 10.1. The number of nitrogens with one attached hydrogen (secondary N) is 1. The number of rotatable bonds is 5. The third-order valence-electron chi connectivity index (χ3n) is 2.58. The van der Waals surface area contributed by atoms with Crippen molar-refractivity contribution < 1.29 is 10.0 Å². The third-order valence-corrected chi connectivity index (χ3v) is 3.23. The lowest BCUT2D eigenvalue weighted by Gasteiger charge is -2.18. The van der Waals surface area contributed by atoms with Gasteiger partial charge in [-0.05, 0) is 49.2 Å². The Morgan fingerprint density at radius 1 is 1.50 bits per heavy atom. The van der Waals surface area contributed by atoms with Gasteiger partial charge in [0.2, 0.25) is 0 Å². The van der Waals surface area contributed by atoms with Gasteiger partial charge in [-0.15, -0.1) is 0 Å². The molecule has 100 valence electrons. The van der Waals surface area contributed by atoms with Crippen molar-refractivity contribution in [1.82, 2.24) is 0 Å². The summed E-state index contributed by atoms with van der Waals surface area (Å²) in [5.74, 6) is 0. The van der Waals surface area contributed by atoms with Gasteiger partial charge in [-0.3, -0.25) is 10.1 Å². The largest absolute Gasteiger partial charge is 0.393 e. The van der Waals surface area contributed by atoms with E-state index in [1.807, 2.05) is 6.92 Å². The Hall–Kier alpha value is -1.14. The van der Waals surface area contributed by atoms with Gasteiger partial charge >= 0.3 is 0 Å². The number of nitro groups is 1. The van der Waals surface area contributed by atoms with Crippen LogP contribution in [-0.4, -0.2) is 22.2 Å². The van der Waals surface area contributed by atoms with Gasteiger partial charge in [-0.25, -0.2) is 0 Å². The van der Waals surface area contributed by atoms with Gasteiger partial charge in [0.05, 0.1) is 11.0 Å². The molecule has 0 aliphatic carbocycles. The first kappa shape index (κ1) is 14.9. The second-order valence-electron chi connectivity index (χ2n) is 4.51. The molecule has 0 saturated heterocycles. The van der Waals surface area contributed by atoms with Gasteiger partial charge in [-0.2, -0.15) is 0 Å². The zero-order valence-corrected chi connectivity index (χ0v) is 12.2. The normalized spacial score (nSPS) is 14.1. The van der Waals surface area contributed by atoms with E-state index in [-0.39, 0.29) is 17.8 Å². The zero-order valence-electron chi connectivity index (χ0n) is 10.6. The Balaban J connectivity index is 2.91. The maximum atomic E-state index is 10.8. The van der Waals surface area contributed by atoms with Crippen molar-refractivity contribution in [1.29, 1.82) is 0 Å². The van der Waals surface area contributed by atoms with Crippen molar-refractivity contribution in [3.05, 3.63) is 32.3 Å². The Labute approximate surface area is 114 Å². The Morgan fingerprint density at radius 3 is 2.61 bits per heavy atom. The summed E-state index contributed by atoms with van der Waals surface area (Å²) < 4.78 is 0.650. The van der Waals surface area contributed by atoms with E-state index < -0.39 is 4.92 Å². The van der Waals surface area contributed by atoms with E-state index in [0.29, 0.717) is 16.5 Å². The van der Waals surface area contributed by atoms with E-state index in [2.05, 4.69) is 21.2 Å². The van der Waals surface area contributed by atoms with Crippen LogP contribution < -0.4 is 5.32 Å². The highest BCUT2D eigenvalue weighted by atomic mass is 79.9. The van der Waals surface area contributed by atoms with Crippen molar-refractivity contribution in [2.45, 2.75) is 39.3 Å². The van der Waals surface area contributed by atoms with E-state index in [1.54, 1.807) is 19.9 Å². The fourth-order valence-electron chi connectivity index (χ4n) is 1.81. The number of hydrogen-bond acceptors (Lipinski definition) is 4. The van der Waals surface area contributed by atoms with Crippen molar-refractivity contribution in [2.75, 3.05) is 5.32 Å². The molecule has 1 aromatic rings. The Morgan fingerprint density at radius 2 is 2.11 bits per heavy atom. The summed E-state index contributed by atoms with van der Waals surface area (Å²) in [6.45, 7) is 5.39. The maximum absolute atomic E-state index is 10.8. The summed E-state index contributed by atoms with van der Waals surface area (Å²) in [4.78, 5) is 10.4. The van der Waals surface area contributed by atoms with Crippen molar-refractivity contribution in [3.63, 3.8) is 0 Å². The Kier molecular flexibility index (Phi) is 5.10. The predicted octanol–water partition coefficient (Wildman–Crippen LogP) is 3.24. The van der Waals surface area contributed by atoms with Gasteiger partial charge in [0.1, 0.15) is 0 Å². The van der Waals surface area contributed by atoms with Crippen LogP contribution in [0.25, 0.3) is 0 Å². The molecule has 0 fully saturated rings. The zero-order chi connectivity index (χ0) is 13.9. The highest BCUT2D eigenvalue weighted by Gasteiger charge is 2.15. The number of nitro benzene ring substituents is 1. The lowest BCUT2D eigenvalue weighted by molar-refractivity contribution is -0.385. The smallest absolute Gasteiger partial charge is 0.273 e. The summed E-state index contributed by atoms with van der Waals surface area (Å²) in [6.07, 6.45) is 0.230. The summed E-state index contributed by atoms with van der Waals surface area (Å²) in [5.41, 5.74) is 1.50. The van der Waals surface area contributed by atoms with Gasteiger partial charge in [0.15, 0.2) is 0 Å². The minimum Gasteiger partial charge on any atom is -0.393 e. The fourth-order valence-corrected chi connectivity index (χ4v) is 2.26. The molecule has 0 bridgehead atoms. The molecule has 0 aliphatic heterocycles. The number of anilines is 1. The molecular formula is C12H17BrN2O3. The van der Waals surface area contributed by atoms with Crippen molar-refractivity contribution in [2.24, 2.45) is 0 Å². The van der Waals surface area contributed by atoms with Gasteiger partial charge in [-0.1, -0.05) is 0 Å². The highest BCUT2D eigenvalue weighted by Crippen LogP contribution is 2.31. The average molecular weight is 317 g/mol. The van der Waals surface area contributed by atoms with Gasteiger partial charge < -0.3 is 10.4 Å². The number of hydrogen-bond donors (Lipinski definition) is 2. The van der Waals surface area contributed by atoms with Crippen LogP contribution in [-0.2, 0) is 0 Å². The van der Waals surface area contributed by atoms with Crippen LogP contribution >= 0.6 is 15.9 Å². The second kappa shape index (κ2) is 6.15. The molecular weight excluding hydrogens is 300 g/mol. The molecule has 2 atom stereocenters. The number of aryl methyl sites for hydroxylation is 1. The molecule has 6 heteroatoms. The standard InChI is InChI=1S/C12H17BrN2O3/c1-7-4-11(14-8(2)5-9(3)16)10(13)6-12(7)15(17)18/h4,6,8-9,14,16H,5H2,1-3H3. The lowest BCUT2D eigenvalue weighted by Crippen LogP contribution is -2.20. The number of aliphatic hydroxyl groups is 1. The monoisotopic (exact) mass is 316 g/mol. The molecule has 0 spiro atoms. The van der Waals surface area contributed by atoms with Crippen LogP contribution in [0.3, 0.4) is 0 Å². The van der Waals surface area contributed by atoms with E-state index in [4.69, 9.17) is 0 Å². The topological polar surface area (TPSA) is 75.4 Å². The van der Waals surface area contributed by atoms with Crippen LogP contribution in [0.5, 0.6) is 0 Å². The fraction of sp³-hybridized carbons (Fsp3) is 0.500. The van der Waals surface area contributed by atoms with Gasteiger partial charge in [0, 0.05) is 27.8 Å². The van der Waals surface area contributed by atoms with E-state index in [0.717, 1.165) is 5.69 Å². The molecule has 2 N–H and O–H groups in total. The summed E-state index contributed by atoms with van der Waals surface area (Å²) >= 11 is 3.31. The molecule has 0 amide bonds. The van der Waals surface area contributed by atoms with Crippen LogP contribution in [0.15, 0.2) is 16.6 Å². The number of nitrogens with zero attached hydrogens (tertiary/aromatic N) is 1. The molecule has 0 saturated carbocycles. The van der Waals surface area contributed by atoms with Crippen LogP contribution in [0.4, 0.5) is 11.4 Å². The number of benzene rings is 1. The minimum atomic E-state index is -0.400. The third kappa shape index (κ3) is 3.96. The van der Waals surface area contributed by atoms with E-state index in [9.17, 15) is 15.2 Å². The molecule has 0 aromatic heterocycles. The minimum absolute atomic E-state index is 0.0853. The Bertz CT molecular complexity index is 449. The van der Waals surface area contributed by atoms with E-state index in [1.165, 1.54) is 6.07 Å². The summed E-state index contributed by atoms with van der Waals surface area (Å²) in [5, 5.41) is 23.3. The quantitative estimate of drug-likeness (QED) is 0.646. The van der Waals surface area contributed by atoms with Gasteiger partial charge in [0.25, 0.3) is 5.69 Å². The molecule has 1 rings (SSSR count). The first-order valence-electron chi connectivity index (χ1n) is 5.70.